The van der Waals surface area contributed by atoms with Crippen molar-refractivity contribution >= 4 is 22.3 Å². The summed E-state index contributed by atoms with van der Waals surface area (Å²) in [5.41, 5.74) is 0. The molecule has 0 heterocycles. The minimum absolute atomic E-state index is 0.466. The molecule has 0 aromatic carbocycles. The van der Waals surface area contributed by atoms with Crippen molar-refractivity contribution in [3.63, 3.8) is 0 Å². The lowest BCUT2D eigenvalue weighted by atomic mass is 10.5. The maximum atomic E-state index is 9.88. The summed E-state index contributed by atoms with van der Waals surface area (Å²) in [6.45, 7) is -0.932. The fourth-order valence-corrected chi connectivity index (χ4v) is 0.403. The molecule has 0 saturated heterocycles. The Labute approximate surface area is 84.5 Å². The summed E-state index contributed by atoms with van der Waals surface area (Å²) in [6.07, 6.45) is 0. The highest BCUT2D eigenvalue weighted by molar-refractivity contribution is 7.79. The zero-order chi connectivity index (χ0) is 12.6. The van der Waals surface area contributed by atoms with Crippen LogP contribution in [0.15, 0.2) is 0 Å². The van der Waals surface area contributed by atoms with Gasteiger partial charge in [0.1, 0.15) is 13.1 Å². The van der Waals surface area contributed by atoms with Gasteiger partial charge in [-0.25, -0.2) is 5.01 Å². The van der Waals surface area contributed by atoms with Gasteiger partial charge in [0.05, 0.1) is 0 Å². The topological polar surface area (TPSA) is 178 Å². The summed E-state index contributed by atoms with van der Waals surface area (Å²) in [5, 5.41) is 16.9. The number of carboxylic acids is 2. The first-order chi connectivity index (χ1) is 6.52. The van der Waals surface area contributed by atoms with E-state index in [-0.39, 0.29) is 0 Å². The molecule has 6 N–H and O–H groups in total. The Balaban J connectivity index is 0. The molecule has 0 aliphatic heterocycles. The molecule has 15 heavy (non-hydrogen) atoms. The molecule has 10 nitrogen and oxygen atoms in total. The van der Waals surface area contributed by atoms with Gasteiger partial charge >= 0.3 is 22.3 Å². The molecule has 0 spiro atoms. The van der Waals surface area contributed by atoms with Crippen LogP contribution in [-0.4, -0.2) is 57.8 Å². The van der Waals surface area contributed by atoms with Crippen LogP contribution in [0.3, 0.4) is 0 Å². The first-order valence-electron chi connectivity index (χ1n) is 3.15. The van der Waals surface area contributed by atoms with Gasteiger partial charge in [0.2, 0.25) is 0 Å². The second-order valence-electron chi connectivity index (χ2n) is 2.14. The van der Waals surface area contributed by atoms with Gasteiger partial charge in [-0.2, -0.15) is 8.42 Å². The Kier molecular flexibility index (Phi) is 7.63. The van der Waals surface area contributed by atoms with Crippen molar-refractivity contribution in [2.45, 2.75) is 0 Å². The van der Waals surface area contributed by atoms with E-state index in [0.717, 1.165) is 0 Å². The summed E-state index contributed by atoms with van der Waals surface area (Å²) in [5.74, 6) is 2.65. The van der Waals surface area contributed by atoms with Crippen molar-refractivity contribution in [3.05, 3.63) is 0 Å². The SMILES string of the molecule is NN(CC(=O)O)CC(=O)O.O=S(=O)(O)O. The second kappa shape index (κ2) is 7.08. The highest BCUT2D eigenvalue weighted by Crippen LogP contribution is 1.76. The van der Waals surface area contributed by atoms with Crippen molar-refractivity contribution in [2.24, 2.45) is 5.84 Å². The molecule has 0 atom stereocenters. The quantitative estimate of drug-likeness (QED) is 0.205. The summed E-state index contributed by atoms with van der Waals surface area (Å²) in [7, 11) is -4.67. The first-order valence-corrected chi connectivity index (χ1v) is 4.55. The van der Waals surface area contributed by atoms with Crippen LogP contribution in [0.2, 0.25) is 0 Å². The smallest absolute Gasteiger partial charge is 0.394 e. The van der Waals surface area contributed by atoms with Gasteiger partial charge in [-0.15, -0.1) is 0 Å². The molecule has 0 saturated carbocycles. The largest absolute Gasteiger partial charge is 0.480 e. The van der Waals surface area contributed by atoms with Gasteiger partial charge in [0.15, 0.2) is 0 Å². The summed E-state index contributed by atoms with van der Waals surface area (Å²) < 4.78 is 31.6. The number of nitrogens with zero attached hydrogens (tertiary/aromatic N) is 1. The van der Waals surface area contributed by atoms with E-state index in [9.17, 15) is 9.59 Å². The third-order valence-corrected chi connectivity index (χ3v) is 0.677. The Morgan fingerprint density at radius 2 is 1.27 bits per heavy atom. The molecule has 0 fully saturated rings. The highest BCUT2D eigenvalue weighted by atomic mass is 32.3. The van der Waals surface area contributed by atoms with Gasteiger partial charge in [-0.3, -0.25) is 24.5 Å². The van der Waals surface area contributed by atoms with Crippen LogP contribution in [0, 0.1) is 0 Å². The van der Waals surface area contributed by atoms with Crippen molar-refractivity contribution < 1.29 is 37.3 Å². The minimum Gasteiger partial charge on any atom is -0.480 e. The van der Waals surface area contributed by atoms with E-state index in [4.69, 9.17) is 33.6 Å². The highest BCUT2D eigenvalue weighted by Gasteiger charge is 2.07. The van der Waals surface area contributed by atoms with Gasteiger partial charge in [-0.05, 0) is 0 Å². The number of carboxylic acid groups (broad SMARTS) is 2. The molecule has 0 aromatic rings. The third kappa shape index (κ3) is 32.4. The zero-order valence-corrected chi connectivity index (χ0v) is 8.09. The van der Waals surface area contributed by atoms with Crippen LogP contribution in [0.5, 0.6) is 0 Å². The fourth-order valence-electron chi connectivity index (χ4n) is 0.403. The lowest BCUT2D eigenvalue weighted by molar-refractivity contribution is -0.141. The van der Waals surface area contributed by atoms with Crippen molar-refractivity contribution in [1.29, 1.82) is 0 Å². The van der Waals surface area contributed by atoms with E-state index in [0.29, 0.717) is 5.01 Å². The number of rotatable bonds is 4. The molecule has 0 bridgehead atoms. The standard InChI is InChI=1S/C4H8N2O4.H2O4S/c5-6(1-3(7)8)2-4(9)10;1-5(2,3)4/h1-2,5H2,(H,7,8)(H,9,10);(H2,1,2,3,4). The lowest BCUT2D eigenvalue weighted by Gasteiger charge is -2.08. The molecule has 0 aliphatic carbocycles. The molecular formula is C4H10N2O8S. The maximum Gasteiger partial charge on any atom is 0.394 e. The molecular weight excluding hydrogens is 236 g/mol. The Morgan fingerprint density at radius 1 is 1.07 bits per heavy atom. The van der Waals surface area contributed by atoms with E-state index in [1.54, 1.807) is 0 Å². The molecule has 0 unspecified atom stereocenters. The number of hydrogen-bond donors (Lipinski definition) is 5. The monoisotopic (exact) mass is 246 g/mol. The van der Waals surface area contributed by atoms with Gasteiger partial charge in [-0.1, -0.05) is 0 Å². The van der Waals surface area contributed by atoms with E-state index >= 15 is 0 Å². The van der Waals surface area contributed by atoms with Crippen LogP contribution < -0.4 is 5.84 Å². The fraction of sp³-hybridized carbons (Fsp3) is 0.500. The summed E-state index contributed by atoms with van der Waals surface area (Å²) >= 11 is 0. The molecule has 0 rings (SSSR count). The van der Waals surface area contributed by atoms with Crippen LogP contribution in [-0.2, 0) is 20.0 Å². The number of aliphatic carboxylic acids is 2. The second-order valence-corrected chi connectivity index (χ2v) is 3.04. The summed E-state index contributed by atoms with van der Waals surface area (Å²) in [6, 6.07) is 0. The maximum absolute atomic E-state index is 9.88. The van der Waals surface area contributed by atoms with Crippen molar-refractivity contribution in [2.75, 3.05) is 13.1 Å². The van der Waals surface area contributed by atoms with Crippen LogP contribution in [0.25, 0.3) is 0 Å². The van der Waals surface area contributed by atoms with Gasteiger partial charge in [0, 0.05) is 0 Å². The number of hydrogen-bond acceptors (Lipinski definition) is 6. The number of carbonyl (C=O) groups is 2. The van der Waals surface area contributed by atoms with Crippen molar-refractivity contribution in [3.8, 4) is 0 Å². The first kappa shape index (κ1) is 16.2. The van der Waals surface area contributed by atoms with Gasteiger partial charge in [0.25, 0.3) is 0 Å². The minimum atomic E-state index is -4.67. The average Bonchev–Trinajstić information content (AvgIpc) is 1.76. The van der Waals surface area contributed by atoms with Crippen LogP contribution in [0.1, 0.15) is 0 Å². The third-order valence-electron chi connectivity index (χ3n) is 0.677. The van der Waals surface area contributed by atoms with Crippen LogP contribution in [0.4, 0.5) is 0 Å². The Morgan fingerprint density at radius 3 is 1.40 bits per heavy atom. The van der Waals surface area contributed by atoms with Crippen molar-refractivity contribution in [1.82, 2.24) is 5.01 Å². The predicted octanol–water partition coefficient (Wildman–Crippen LogP) is -2.32. The molecule has 11 heteroatoms. The van der Waals surface area contributed by atoms with E-state index in [1.165, 1.54) is 0 Å². The predicted molar refractivity (Wildman–Crippen MR) is 45.2 cm³/mol. The molecule has 0 amide bonds. The lowest BCUT2D eigenvalue weighted by Crippen LogP contribution is -2.39. The van der Waals surface area contributed by atoms with E-state index < -0.39 is 35.4 Å². The Hall–Kier alpha value is -1.27. The van der Waals surface area contributed by atoms with Crippen LogP contribution >= 0.6 is 0 Å². The molecule has 90 valence electrons. The number of hydrazine groups is 1. The zero-order valence-electron chi connectivity index (χ0n) is 7.27. The average molecular weight is 246 g/mol. The molecule has 0 aromatic heterocycles. The number of nitrogens with two attached hydrogens (primary N) is 1. The Bertz CT molecular complexity index is 287. The molecule has 0 aliphatic rings. The summed E-state index contributed by atoms with van der Waals surface area (Å²) in [4.78, 5) is 19.8. The molecule has 0 radical (unpaired) electrons. The van der Waals surface area contributed by atoms with Gasteiger partial charge < -0.3 is 10.2 Å². The van der Waals surface area contributed by atoms with E-state index in [1.807, 2.05) is 0 Å². The van der Waals surface area contributed by atoms with E-state index in [2.05, 4.69) is 0 Å². The normalized spacial score (nSPS) is 10.4.